The summed E-state index contributed by atoms with van der Waals surface area (Å²) in [5.41, 5.74) is 1.12. The molecule has 0 saturated carbocycles. The fourth-order valence-electron chi connectivity index (χ4n) is 1.37. The van der Waals surface area contributed by atoms with Crippen LogP contribution in [0.3, 0.4) is 0 Å². The standard InChI is InChI=1S/C11H12N2OS/c1-3-10(14)12-11-13(2)8-6-4-5-7-9(8)15-11/h4-7H,3H2,1-2H3. The van der Waals surface area contributed by atoms with Crippen molar-refractivity contribution in [3.63, 3.8) is 0 Å². The number of benzene rings is 1. The van der Waals surface area contributed by atoms with E-state index >= 15 is 0 Å². The van der Waals surface area contributed by atoms with Crippen LogP contribution in [-0.4, -0.2) is 10.5 Å². The van der Waals surface area contributed by atoms with Crippen molar-refractivity contribution in [2.24, 2.45) is 12.0 Å². The van der Waals surface area contributed by atoms with Crippen LogP contribution < -0.4 is 4.80 Å². The Hall–Kier alpha value is -1.42. The lowest BCUT2D eigenvalue weighted by Gasteiger charge is -1.93. The summed E-state index contributed by atoms with van der Waals surface area (Å²) < 4.78 is 3.11. The van der Waals surface area contributed by atoms with E-state index in [1.165, 1.54) is 0 Å². The van der Waals surface area contributed by atoms with Gasteiger partial charge in [-0.15, -0.1) is 0 Å². The van der Waals surface area contributed by atoms with Gasteiger partial charge in [-0.25, -0.2) is 0 Å². The average molecular weight is 220 g/mol. The van der Waals surface area contributed by atoms with Crippen LogP contribution in [0.4, 0.5) is 0 Å². The number of thiazole rings is 1. The van der Waals surface area contributed by atoms with Crippen LogP contribution in [0.2, 0.25) is 0 Å². The smallest absolute Gasteiger partial charge is 0.248 e. The topological polar surface area (TPSA) is 34.4 Å². The first kappa shape index (κ1) is 10.1. The number of nitrogens with zero attached hydrogens (tertiary/aromatic N) is 2. The Morgan fingerprint density at radius 2 is 2.20 bits per heavy atom. The zero-order valence-electron chi connectivity index (χ0n) is 8.73. The Bertz CT molecular complexity index is 565. The lowest BCUT2D eigenvalue weighted by atomic mass is 10.3. The van der Waals surface area contributed by atoms with Gasteiger partial charge >= 0.3 is 0 Å². The van der Waals surface area contributed by atoms with Crippen molar-refractivity contribution in [1.82, 2.24) is 4.57 Å². The molecule has 1 aromatic carbocycles. The highest BCUT2D eigenvalue weighted by molar-refractivity contribution is 7.16. The van der Waals surface area contributed by atoms with Gasteiger partial charge in [0.25, 0.3) is 0 Å². The van der Waals surface area contributed by atoms with Crippen molar-refractivity contribution < 1.29 is 4.79 Å². The molecule has 0 aliphatic carbocycles. The number of rotatable bonds is 1. The molecule has 0 aliphatic heterocycles. The quantitative estimate of drug-likeness (QED) is 0.724. The second-order valence-corrected chi connectivity index (χ2v) is 4.28. The minimum atomic E-state index is -0.0721. The number of para-hydroxylation sites is 1. The number of hydrogen-bond acceptors (Lipinski definition) is 2. The summed E-state index contributed by atoms with van der Waals surface area (Å²) in [4.78, 5) is 16.1. The van der Waals surface area contributed by atoms with Crippen LogP contribution >= 0.6 is 11.3 Å². The van der Waals surface area contributed by atoms with Gasteiger partial charge in [0.1, 0.15) is 0 Å². The van der Waals surface area contributed by atoms with Crippen molar-refractivity contribution in [2.45, 2.75) is 13.3 Å². The van der Waals surface area contributed by atoms with E-state index in [2.05, 4.69) is 4.99 Å². The number of fused-ring (bicyclic) bond motifs is 1. The third-order valence-electron chi connectivity index (χ3n) is 2.24. The Morgan fingerprint density at radius 1 is 1.47 bits per heavy atom. The molecule has 0 bridgehead atoms. The van der Waals surface area contributed by atoms with Crippen LogP contribution in [-0.2, 0) is 11.8 Å². The molecule has 0 aliphatic rings. The third-order valence-corrected chi connectivity index (χ3v) is 3.35. The second-order valence-electron chi connectivity index (χ2n) is 3.27. The zero-order chi connectivity index (χ0) is 10.8. The average Bonchev–Trinajstić information content (AvgIpc) is 2.57. The van der Waals surface area contributed by atoms with Gasteiger partial charge in [0.05, 0.1) is 10.2 Å². The van der Waals surface area contributed by atoms with Gasteiger partial charge in [0, 0.05) is 13.5 Å². The number of hydrogen-bond donors (Lipinski definition) is 0. The van der Waals surface area contributed by atoms with Crippen LogP contribution in [0, 0.1) is 0 Å². The number of carbonyl (C=O) groups excluding carboxylic acids is 1. The Morgan fingerprint density at radius 3 is 2.87 bits per heavy atom. The predicted octanol–water partition coefficient (Wildman–Crippen LogP) is 2.08. The maximum Gasteiger partial charge on any atom is 0.248 e. The third kappa shape index (κ3) is 1.85. The molecule has 0 N–H and O–H groups in total. The van der Waals surface area contributed by atoms with Crippen LogP contribution in [0.15, 0.2) is 29.3 Å². The van der Waals surface area contributed by atoms with E-state index < -0.39 is 0 Å². The summed E-state index contributed by atoms with van der Waals surface area (Å²) >= 11 is 1.54. The highest BCUT2D eigenvalue weighted by Gasteiger charge is 2.02. The summed E-state index contributed by atoms with van der Waals surface area (Å²) in [5.74, 6) is -0.0721. The zero-order valence-corrected chi connectivity index (χ0v) is 9.54. The molecule has 0 atom stereocenters. The molecule has 3 nitrogen and oxygen atoms in total. The van der Waals surface area contributed by atoms with Crippen molar-refractivity contribution in [1.29, 1.82) is 0 Å². The molecule has 0 spiro atoms. The minimum absolute atomic E-state index is 0.0721. The minimum Gasteiger partial charge on any atom is -0.319 e. The summed E-state index contributed by atoms with van der Waals surface area (Å²) in [6, 6.07) is 8.04. The van der Waals surface area contributed by atoms with Gasteiger partial charge in [0.2, 0.25) is 5.91 Å². The van der Waals surface area contributed by atoms with Crippen molar-refractivity contribution in [3.05, 3.63) is 29.1 Å². The van der Waals surface area contributed by atoms with Gasteiger partial charge in [0.15, 0.2) is 4.80 Å². The van der Waals surface area contributed by atoms with Gasteiger partial charge in [-0.3, -0.25) is 4.79 Å². The number of carbonyl (C=O) groups is 1. The van der Waals surface area contributed by atoms with Gasteiger partial charge in [-0.2, -0.15) is 4.99 Å². The van der Waals surface area contributed by atoms with Crippen LogP contribution in [0.1, 0.15) is 13.3 Å². The Labute approximate surface area is 91.7 Å². The molecule has 0 fully saturated rings. The van der Waals surface area contributed by atoms with E-state index in [9.17, 15) is 4.79 Å². The van der Waals surface area contributed by atoms with Crippen molar-refractivity contribution in [3.8, 4) is 0 Å². The number of amides is 1. The van der Waals surface area contributed by atoms with E-state index in [0.717, 1.165) is 15.0 Å². The molecule has 15 heavy (non-hydrogen) atoms. The molecule has 0 unspecified atom stereocenters. The lowest BCUT2D eigenvalue weighted by Crippen LogP contribution is -2.12. The SMILES string of the molecule is CCC(=O)N=c1sc2ccccc2n1C. The van der Waals surface area contributed by atoms with E-state index in [4.69, 9.17) is 0 Å². The fraction of sp³-hybridized carbons (Fsp3) is 0.273. The van der Waals surface area contributed by atoms with Gasteiger partial charge in [-0.1, -0.05) is 30.4 Å². The normalized spacial score (nSPS) is 12.3. The highest BCUT2D eigenvalue weighted by atomic mass is 32.1. The van der Waals surface area contributed by atoms with E-state index in [1.807, 2.05) is 42.8 Å². The lowest BCUT2D eigenvalue weighted by molar-refractivity contribution is -0.117. The Balaban J connectivity index is 2.68. The van der Waals surface area contributed by atoms with E-state index in [-0.39, 0.29) is 5.91 Å². The first-order valence-electron chi connectivity index (χ1n) is 4.84. The largest absolute Gasteiger partial charge is 0.319 e. The maximum absolute atomic E-state index is 11.2. The molecule has 0 saturated heterocycles. The summed E-state index contributed by atoms with van der Waals surface area (Å²) in [6.07, 6.45) is 0.453. The molecule has 1 aromatic heterocycles. The first-order valence-corrected chi connectivity index (χ1v) is 5.66. The molecule has 78 valence electrons. The number of aryl methyl sites for hydroxylation is 1. The molecule has 1 heterocycles. The molecular formula is C11H12N2OS. The summed E-state index contributed by atoms with van der Waals surface area (Å²) in [6.45, 7) is 1.82. The van der Waals surface area contributed by atoms with Crippen molar-refractivity contribution >= 4 is 27.5 Å². The first-order chi connectivity index (χ1) is 7.22. The molecule has 1 amide bonds. The van der Waals surface area contributed by atoms with E-state index in [1.54, 1.807) is 11.3 Å². The monoisotopic (exact) mass is 220 g/mol. The highest BCUT2D eigenvalue weighted by Crippen LogP contribution is 2.15. The van der Waals surface area contributed by atoms with Gasteiger partial charge < -0.3 is 4.57 Å². The second kappa shape index (κ2) is 3.98. The van der Waals surface area contributed by atoms with Crippen LogP contribution in [0.25, 0.3) is 10.2 Å². The summed E-state index contributed by atoms with van der Waals surface area (Å²) in [5, 5.41) is 0. The van der Waals surface area contributed by atoms with Crippen LogP contribution in [0.5, 0.6) is 0 Å². The molecule has 0 radical (unpaired) electrons. The molecule has 2 rings (SSSR count). The molecule has 2 aromatic rings. The Kier molecular flexibility index (Phi) is 2.68. The molecular weight excluding hydrogens is 208 g/mol. The van der Waals surface area contributed by atoms with Gasteiger partial charge in [-0.05, 0) is 12.1 Å². The molecule has 4 heteroatoms. The maximum atomic E-state index is 11.2. The number of aromatic nitrogens is 1. The van der Waals surface area contributed by atoms with E-state index in [0.29, 0.717) is 6.42 Å². The van der Waals surface area contributed by atoms with Crippen molar-refractivity contribution in [2.75, 3.05) is 0 Å². The fourth-order valence-corrected chi connectivity index (χ4v) is 2.41. The predicted molar refractivity (Wildman–Crippen MR) is 61.7 cm³/mol. The summed E-state index contributed by atoms with van der Waals surface area (Å²) in [7, 11) is 1.93.